The molecule has 0 unspecified atom stereocenters. The number of aryl methyl sites for hydroxylation is 1. The lowest BCUT2D eigenvalue weighted by molar-refractivity contribution is 1.16. The Bertz CT molecular complexity index is 656. The molecular formula is C8H5N3O2S. The van der Waals surface area contributed by atoms with Crippen LogP contribution in [0.15, 0.2) is 9.59 Å². The molecular weight excluding hydrogens is 202 g/mol. The van der Waals surface area contributed by atoms with E-state index in [0.29, 0.717) is 15.9 Å². The number of nitrogens with one attached hydrogen (secondary N) is 2. The Morgan fingerprint density at radius 3 is 2.57 bits per heavy atom. The molecule has 0 aromatic carbocycles. The predicted molar refractivity (Wildman–Crippen MR) is 52.5 cm³/mol. The van der Waals surface area contributed by atoms with Gasteiger partial charge in [0.05, 0.1) is 11.1 Å². The maximum atomic E-state index is 11.0. The third-order valence-corrected chi connectivity index (χ3v) is 2.89. The standard InChI is InChI=1S/C8H5N3O2S/c1-3-4(2-9)5-8(14-3)11-7(13)6(12)10-5/h1H3,(H,10,12)(H,11,13). The van der Waals surface area contributed by atoms with Gasteiger partial charge in [0.2, 0.25) is 0 Å². The van der Waals surface area contributed by atoms with Crippen molar-refractivity contribution in [3.8, 4) is 6.07 Å². The first-order chi connectivity index (χ1) is 6.63. The molecule has 0 bridgehead atoms. The minimum Gasteiger partial charge on any atom is -0.314 e. The van der Waals surface area contributed by atoms with Crippen LogP contribution in [0.4, 0.5) is 0 Å². The average Bonchev–Trinajstić information content (AvgIpc) is 2.42. The van der Waals surface area contributed by atoms with Gasteiger partial charge >= 0.3 is 11.1 Å². The maximum Gasteiger partial charge on any atom is 0.314 e. The van der Waals surface area contributed by atoms with Gasteiger partial charge in [-0.1, -0.05) is 0 Å². The van der Waals surface area contributed by atoms with Crippen molar-refractivity contribution in [1.29, 1.82) is 5.26 Å². The molecule has 2 rings (SSSR count). The number of H-pyrrole nitrogens is 2. The Morgan fingerprint density at radius 1 is 1.29 bits per heavy atom. The van der Waals surface area contributed by atoms with Crippen LogP contribution >= 0.6 is 11.3 Å². The second-order valence-corrected chi connectivity index (χ2v) is 3.98. The SMILES string of the molecule is Cc1sc2[nH]c(=O)c(=O)[nH]c2c1C#N. The van der Waals surface area contributed by atoms with E-state index in [-0.39, 0.29) is 0 Å². The Labute approximate surface area is 81.6 Å². The first-order valence-electron chi connectivity index (χ1n) is 3.79. The molecule has 0 saturated carbocycles. The largest absolute Gasteiger partial charge is 0.314 e. The Balaban J connectivity index is 3.06. The minimum absolute atomic E-state index is 0.415. The molecule has 6 heteroatoms. The van der Waals surface area contributed by atoms with Crippen LogP contribution in [-0.4, -0.2) is 9.97 Å². The topological polar surface area (TPSA) is 89.5 Å². The van der Waals surface area contributed by atoms with Gasteiger partial charge in [-0.3, -0.25) is 9.59 Å². The van der Waals surface area contributed by atoms with Gasteiger partial charge in [-0.2, -0.15) is 5.26 Å². The molecule has 0 fully saturated rings. The minimum atomic E-state index is -0.730. The van der Waals surface area contributed by atoms with Crippen molar-refractivity contribution in [3.63, 3.8) is 0 Å². The van der Waals surface area contributed by atoms with Crippen molar-refractivity contribution in [2.24, 2.45) is 0 Å². The quantitative estimate of drug-likeness (QED) is 0.615. The van der Waals surface area contributed by atoms with Crippen molar-refractivity contribution in [3.05, 3.63) is 31.1 Å². The van der Waals surface area contributed by atoms with E-state index in [1.165, 1.54) is 11.3 Å². The van der Waals surface area contributed by atoms with Crippen LogP contribution in [-0.2, 0) is 0 Å². The van der Waals surface area contributed by atoms with Crippen LogP contribution in [0.25, 0.3) is 10.3 Å². The molecule has 0 radical (unpaired) electrons. The molecule has 0 amide bonds. The summed E-state index contributed by atoms with van der Waals surface area (Å²) in [4.78, 5) is 28.1. The summed E-state index contributed by atoms with van der Waals surface area (Å²) in [7, 11) is 0. The lowest BCUT2D eigenvalue weighted by Crippen LogP contribution is -2.28. The van der Waals surface area contributed by atoms with Gasteiger partial charge in [0.1, 0.15) is 10.9 Å². The maximum absolute atomic E-state index is 11.0. The van der Waals surface area contributed by atoms with Crippen LogP contribution in [0, 0.1) is 18.3 Å². The smallest absolute Gasteiger partial charge is 0.314 e. The molecule has 2 heterocycles. The molecule has 0 spiro atoms. The highest BCUT2D eigenvalue weighted by Gasteiger charge is 2.10. The molecule has 14 heavy (non-hydrogen) atoms. The van der Waals surface area contributed by atoms with Gasteiger partial charge < -0.3 is 9.97 Å². The van der Waals surface area contributed by atoms with Gasteiger partial charge in [-0.05, 0) is 6.92 Å². The normalized spacial score (nSPS) is 10.3. The first kappa shape index (κ1) is 8.72. The zero-order valence-electron chi connectivity index (χ0n) is 7.17. The van der Waals surface area contributed by atoms with E-state index in [4.69, 9.17) is 5.26 Å². The van der Waals surface area contributed by atoms with E-state index in [9.17, 15) is 9.59 Å². The third-order valence-electron chi connectivity index (χ3n) is 1.87. The summed E-state index contributed by atoms with van der Waals surface area (Å²) in [6, 6.07) is 1.98. The summed E-state index contributed by atoms with van der Waals surface area (Å²) in [6.45, 7) is 1.76. The molecule has 0 saturated heterocycles. The van der Waals surface area contributed by atoms with E-state index in [1.54, 1.807) is 6.92 Å². The number of aromatic nitrogens is 2. The molecule has 0 aliphatic carbocycles. The van der Waals surface area contributed by atoms with Gasteiger partial charge in [-0.25, -0.2) is 0 Å². The van der Waals surface area contributed by atoms with Crippen molar-refractivity contribution in [2.45, 2.75) is 6.92 Å². The van der Waals surface area contributed by atoms with E-state index in [2.05, 4.69) is 9.97 Å². The second kappa shape index (κ2) is 2.82. The fraction of sp³-hybridized carbons (Fsp3) is 0.125. The van der Waals surface area contributed by atoms with Crippen molar-refractivity contribution in [1.82, 2.24) is 9.97 Å². The first-order valence-corrected chi connectivity index (χ1v) is 4.61. The number of aromatic amines is 2. The van der Waals surface area contributed by atoms with E-state index >= 15 is 0 Å². The number of fused-ring (bicyclic) bond motifs is 1. The summed E-state index contributed by atoms with van der Waals surface area (Å²) < 4.78 is 0. The number of hydrogen-bond donors (Lipinski definition) is 2. The molecule has 2 aromatic rings. The summed E-state index contributed by atoms with van der Waals surface area (Å²) in [5.41, 5.74) is -0.590. The number of nitrogens with zero attached hydrogens (tertiary/aromatic N) is 1. The van der Waals surface area contributed by atoms with Crippen molar-refractivity contribution in [2.75, 3.05) is 0 Å². The summed E-state index contributed by atoms with van der Waals surface area (Å²) >= 11 is 1.28. The highest BCUT2D eigenvalue weighted by Crippen LogP contribution is 2.24. The second-order valence-electron chi connectivity index (χ2n) is 2.76. The number of thiophene rings is 1. The Kier molecular flexibility index (Phi) is 1.75. The highest BCUT2D eigenvalue weighted by molar-refractivity contribution is 7.18. The lowest BCUT2D eigenvalue weighted by Gasteiger charge is -1.87. The zero-order valence-corrected chi connectivity index (χ0v) is 7.99. The summed E-state index contributed by atoms with van der Waals surface area (Å²) in [5, 5.41) is 8.81. The van der Waals surface area contributed by atoms with E-state index < -0.39 is 11.1 Å². The Morgan fingerprint density at radius 2 is 1.93 bits per heavy atom. The van der Waals surface area contributed by atoms with Crippen LogP contribution in [0.2, 0.25) is 0 Å². The van der Waals surface area contributed by atoms with Crippen LogP contribution < -0.4 is 11.1 Å². The third kappa shape index (κ3) is 1.07. The monoisotopic (exact) mass is 207 g/mol. The zero-order chi connectivity index (χ0) is 10.3. The molecule has 0 aliphatic heterocycles. The molecule has 0 atom stereocenters. The fourth-order valence-electron chi connectivity index (χ4n) is 1.22. The Hall–Kier alpha value is -1.87. The molecule has 70 valence electrons. The average molecular weight is 207 g/mol. The number of hydrogen-bond acceptors (Lipinski definition) is 4. The van der Waals surface area contributed by atoms with Gasteiger partial charge in [0.25, 0.3) is 0 Å². The summed E-state index contributed by atoms with van der Waals surface area (Å²) in [6.07, 6.45) is 0. The molecule has 2 aromatic heterocycles. The van der Waals surface area contributed by atoms with Gasteiger partial charge in [0, 0.05) is 4.88 Å². The fourth-order valence-corrected chi connectivity index (χ4v) is 2.17. The van der Waals surface area contributed by atoms with Crippen molar-refractivity contribution >= 4 is 21.7 Å². The highest BCUT2D eigenvalue weighted by atomic mass is 32.1. The van der Waals surface area contributed by atoms with Gasteiger partial charge in [0.15, 0.2) is 0 Å². The van der Waals surface area contributed by atoms with Crippen LogP contribution in [0.3, 0.4) is 0 Å². The van der Waals surface area contributed by atoms with E-state index in [1.807, 2.05) is 6.07 Å². The number of nitriles is 1. The van der Waals surface area contributed by atoms with Gasteiger partial charge in [-0.15, -0.1) is 11.3 Å². The number of rotatable bonds is 0. The van der Waals surface area contributed by atoms with Crippen molar-refractivity contribution < 1.29 is 0 Å². The van der Waals surface area contributed by atoms with Crippen LogP contribution in [0.5, 0.6) is 0 Å². The predicted octanol–water partition coefficient (Wildman–Crippen LogP) is 0.458. The molecule has 5 nitrogen and oxygen atoms in total. The van der Waals surface area contributed by atoms with E-state index in [0.717, 1.165) is 4.88 Å². The lowest BCUT2D eigenvalue weighted by atomic mass is 10.3. The molecule has 2 N–H and O–H groups in total. The summed E-state index contributed by atoms with van der Waals surface area (Å²) in [5.74, 6) is 0. The molecule has 0 aliphatic rings. The van der Waals surface area contributed by atoms with Crippen LogP contribution in [0.1, 0.15) is 10.4 Å².